The second-order valence-corrected chi connectivity index (χ2v) is 5.12. The largest absolute Gasteiger partial charge is 0.374 e. The minimum absolute atomic E-state index is 0.136. The molecule has 0 aliphatic carbocycles. The molecule has 1 unspecified atom stereocenters. The molecule has 0 aromatic heterocycles. The van der Waals surface area contributed by atoms with Crippen LogP contribution in [0, 0.1) is 0 Å². The van der Waals surface area contributed by atoms with Gasteiger partial charge in [-0.15, -0.1) is 0 Å². The first-order chi connectivity index (χ1) is 10.9. The Balaban J connectivity index is 1.75. The van der Waals surface area contributed by atoms with Gasteiger partial charge in [-0.05, 0) is 11.1 Å². The zero-order valence-electron chi connectivity index (χ0n) is 12.5. The van der Waals surface area contributed by atoms with Gasteiger partial charge in [0.15, 0.2) is 0 Å². The first-order valence-corrected chi connectivity index (χ1v) is 7.83. The summed E-state index contributed by atoms with van der Waals surface area (Å²) in [5.41, 5.74) is 2.27. The topological polar surface area (TPSA) is 27.7 Å². The van der Waals surface area contributed by atoms with E-state index in [2.05, 4.69) is 0 Å². The van der Waals surface area contributed by atoms with E-state index in [-0.39, 0.29) is 12.2 Å². The number of hydrogen-bond donors (Lipinski definition) is 0. The monoisotopic (exact) mass is 320 g/mol. The van der Waals surface area contributed by atoms with E-state index in [1.807, 2.05) is 60.7 Å². The molecule has 2 aromatic carbocycles. The van der Waals surface area contributed by atoms with Crippen LogP contribution in [0.25, 0.3) is 0 Å². The van der Waals surface area contributed by atoms with Crippen molar-refractivity contribution in [2.75, 3.05) is 19.3 Å². The molecule has 2 rings (SSSR count). The van der Waals surface area contributed by atoms with E-state index in [0.717, 1.165) is 11.1 Å². The Morgan fingerprint density at radius 3 is 1.86 bits per heavy atom. The lowest BCUT2D eigenvalue weighted by Gasteiger charge is -2.18. The van der Waals surface area contributed by atoms with Crippen molar-refractivity contribution in [1.82, 2.24) is 0 Å². The first-order valence-electron chi connectivity index (χ1n) is 7.29. The first kappa shape index (κ1) is 17.0. The molecule has 0 saturated carbocycles. The molecular weight excluding hydrogens is 300 g/mol. The maximum absolute atomic E-state index is 5.86. The normalized spacial score (nSPS) is 12.2. The highest BCUT2D eigenvalue weighted by atomic mass is 35.5. The Bertz CT molecular complexity index is 504. The Labute approximate surface area is 136 Å². The molecule has 0 saturated heterocycles. The van der Waals surface area contributed by atoms with Gasteiger partial charge < -0.3 is 14.2 Å². The smallest absolute Gasteiger partial charge is 0.120 e. The summed E-state index contributed by atoms with van der Waals surface area (Å²) >= 11 is 5.57. The lowest BCUT2D eigenvalue weighted by molar-refractivity contribution is -0.0642. The summed E-state index contributed by atoms with van der Waals surface area (Å²) in [7, 11) is 0. The fourth-order valence-electron chi connectivity index (χ4n) is 1.99. The van der Waals surface area contributed by atoms with Crippen LogP contribution in [0.4, 0.5) is 0 Å². The molecule has 0 spiro atoms. The molecule has 22 heavy (non-hydrogen) atoms. The zero-order chi connectivity index (χ0) is 15.5. The molecule has 0 aliphatic heterocycles. The summed E-state index contributed by atoms with van der Waals surface area (Å²) in [5.74, 6) is 0. The Hall–Kier alpha value is -1.39. The van der Waals surface area contributed by atoms with Crippen molar-refractivity contribution in [1.29, 1.82) is 0 Å². The molecular formula is C18H21ClO3. The van der Waals surface area contributed by atoms with Crippen LogP contribution < -0.4 is 0 Å². The SMILES string of the molecule is ClCOCC(COCc1ccccc1)OCc1ccccc1. The van der Waals surface area contributed by atoms with Gasteiger partial charge in [0, 0.05) is 0 Å². The van der Waals surface area contributed by atoms with Gasteiger partial charge in [-0.2, -0.15) is 0 Å². The summed E-state index contributed by atoms with van der Waals surface area (Å²) in [4.78, 5) is 0. The molecule has 0 N–H and O–H groups in total. The predicted molar refractivity (Wildman–Crippen MR) is 87.8 cm³/mol. The van der Waals surface area contributed by atoms with Crippen molar-refractivity contribution < 1.29 is 14.2 Å². The number of halogens is 1. The molecule has 3 nitrogen and oxygen atoms in total. The van der Waals surface area contributed by atoms with E-state index in [1.165, 1.54) is 0 Å². The Kier molecular flexibility index (Phi) is 7.99. The molecule has 2 aromatic rings. The maximum Gasteiger partial charge on any atom is 0.120 e. The van der Waals surface area contributed by atoms with E-state index in [0.29, 0.717) is 26.4 Å². The second-order valence-electron chi connectivity index (χ2n) is 4.90. The number of ether oxygens (including phenoxy) is 3. The third-order valence-corrected chi connectivity index (χ3v) is 3.28. The van der Waals surface area contributed by atoms with E-state index in [4.69, 9.17) is 25.8 Å². The van der Waals surface area contributed by atoms with Crippen molar-refractivity contribution in [3.8, 4) is 0 Å². The number of benzene rings is 2. The van der Waals surface area contributed by atoms with Gasteiger partial charge in [-0.25, -0.2) is 0 Å². The predicted octanol–water partition coefficient (Wildman–Crippen LogP) is 4.00. The minimum Gasteiger partial charge on any atom is -0.374 e. The third kappa shape index (κ3) is 6.58. The maximum atomic E-state index is 5.86. The molecule has 1 atom stereocenters. The molecule has 0 radical (unpaired) electrons. The average Bonchev–Trinajstić information content (AvgIpc) is 2.58. The fourth-order valence-corrected chi connectivity index (χ4v) is 2.08. The average molecular weight is 321 g/mol. The van der Waals surface area contributed by atoms with Crippen molar-refractivity contribution in [3.63, 3.8) is 0 Å². The van der Waals surface area contributed by atoms with Crippen LogP contribution in [-0.2, 0) is 27.4 Å². The van der Waals surface area contributed by atoms with Crippen molar-refractivity contribution in [2.45, 2.75) is 19.3 Å². The molecule has 118 valence electrons. The lowest BCUT2D eigenvalue weighted by Crippen LogP contribution is -2.25. The second kappa shape index (κ2) is 10.4. The highest BCUT2D eigenvalue weighted by Gasteiger charge is 2.10. The Morgan fingerprint density at radius 2 is 1.27 bits per heavy atom. The molecule has 0 heterocycles. The van der Waals surface area contributed by atoms with Crippen LogP contribution in [0.15, 0.2) is 60.7 Å². The minimum atomic E-state index is -0.136. The standard InChI is InChI=1S/C18H21ClO3/c19-15-21-14-18(22-12-17-9-5-2-6-10-17)13-20-11-16-7-3-1-4-8-16/h1-10,18H,11-15H2. The fraction of sp³-hybridized carbons (Fsp3) is 0.333. The zero-order valence-corrected chi connectivity index (χ0v) is 13.2. The van der Waals surface area contributed by atoms with Gasteiger partial charge in [0.1, 0.15) is 12.2 Å². The quantitative estimate of drug-likeness (QED) is 0.619. The number of rotatable bonds is 10. The van der Waals surface area contributed by atoms with E-state index >= 15 is 0 Å². The highest BCUT2D eigenvalue weighted by Crippen LogP contribution is 2.07. The third-order valence-electron chi connectivity index (χ3n) is 3.12. The highest BCUT2D eigenvalue weighted by molar-refractivity contribution is 6.17. The Morgan fingerprint density at radius 1 is 0.727 bits per heavy atom. The summed E-state index contributed by atoms with van der Waals surface area (Å²) in [6, 6.07) is 20.3. The van der Waals surface area contributed by atoms with Crippen molar-refractivity contribution in [2.24, 2.45) is 0 Å². The molecule has 4 heteroatoms. The van der Waals surface area contributed by atoms with Crippen LogP contribution >= 0.6 is 11.6 Å². The molecule has 0 fully saturated rings. The van der Waals surface area contributed by atoms with Crippen LogP contribution in [0.2, 0.25) is 0 Å². The number of alkyl halides is 1. The summed E-state index contributed by atoms with van der Waals surface area (Å²) in [6.07, 6.45) is -0.136. The van der Waals surface area contributed by atoms with E-state index in [9.17, 15) is 0 Å². The van der Waals surface area contributed by atoms with E-state index in [1.54, 1.807) is 0 Å². The summed E-state index contributed by atoms with van der Waals surface area (Å²) in [5, 5.41) is 0. The van der Waals surface area contributed by atoms with Crippen molar-refractivity contribution >= 4 is 11.6 Å². The van der Waals surface area contributed by atoms with Gasteiger partial charge in [0.25, 0.3) is 0 Å². The summed E-state index contributed by atoms with van der Waals surface area (Å²) in [6.45, 7) is 1.99. The van der Waals surface area contributed by atoms with Crippen LogP contribution in [0.3, 0.4) is 0 Å². The van der Waals surface area contributed by atoms with Crippen LogP contribution in [-0.4, -0.2) is 25.4 Å². The van der Waals surface area contributed by atoms with Gasteiger partial charge in [-0.1, -0.05) is 72.3 Å². The molecule has 0 aliphatic rings. The van der Waals surface area contributed by atoms with E-state index < -0.39 is 0 Å². The van der Waals surface area contributed by atoms with Crippen LogP contribution in [0.1, 0.15) is 11.1 Å². The molecule has 0 amide bonds. The lowest BCUT2D eigenvalue weighted by atomic mass is 10.2. The molecule has 0 bridgehead atoms. The van der Waals surface area contributed by atoms with Gasteiger partial charge >= 0.3 is 0 Å². The van der Waals surface area contributed by atoms with Gasteiger partial charge in [-0.3, -0.25) is 0 Å². The van der Waals surface area contributed by atoms with Crippen LogP contribution in [0.5, 0.6) is 0 Å². The number of hydrogen-bond acceptors (Lipinski definition) is 3. The van der Waals surface area contributed by atoms with Crippen molar-refractivity contribution in [3.05, 3.63) is 71.8 Å². The van der Waals surface area contributed by atoms with Gasteiger partial charge in [0.2, 0.25) is 0 Å². The summed E-state index contributed by atoms with van der Waals surface area (Å²) < 4.78 is 16.8. The van der Waals surface area contributed by atoms with Gasteiger partial charge in [0.05, 0.1) is 26.4 Å².